The van der Waals surface area contributed by atoms with Gasteiger partial charge in [0.25, 0.3) is 5.91 Å². The molecule has 1 saturated carbocycles. The third-order valence-corrected chi connectivity index (χ3v) is 6.05. The Morgan fingerprint density at radius 1 is 1.00 bits per heavy atom. The molecule has 2 aromatic rings. The highest BCUT2D eigenvalue weighted by atomic mass is 16.1. The Labute approximate surface area is 181 Å². The molecule has 0 atom stereocenters. The van der Waals surface area contributed by atoms with Crippen LogP contribution < -0.4 is 5.32 Å². The number of hydrogen-bond donors (Lipinski definition) is 1. The molecule has 0 aromatic carbocycles. The van der Waals surface area contributed by atoms with Crippen molar-refractivity contribution < 1.29 is 4.79 Å². The fourth-order valence-electron chi connectivity index (χ4n) is 4.37. The lowest BCUT2D eigenvalue weighted by molar-refractivity contribution is 0.0921. The van der Waals surface area contributed by atoms with E-state index in [-0.39, 0.29) is 11.9 Å². The zero-order valence-corrected chi connectivity index (χ0v) is 17.4. The topological polar surface area (TPSA) is 85.6 Å². The Morgan fingerprint density at radius 2 is 1.84 bits per heavy atom. The van der Waals surface area contributed by atoms with Crippen molar-refractivity contribution in [2.24, 2.45) is 0 Å². The van der Waals surface area contributed by atoms with Crippen molar-refractivity contribution in [1.29, 1.82) is 0 Å². The molecule has 1 N–H and O–H groups in total. The Kier molecular flexibility index (Phi) is 5.16. The van der Waals surface area contributed by atoms with Gasteiger partial charge in [-0.15, -0.1) is 0 Å². The molecule has 2 aromatic heterocycles. The highest BCUT2D eigenvalue weighted by Crippen LogP contribution is 2.32. The summed E-state index contributed by atoms with van der Waals surface area (Å²) >= 11 is 0. The summed E-state index contributed by atoms with van der Waals surface area (Å²) in [6, 6.07) is 10.5. The summed E-state index contributed by atoms with van der Waals surface area (Å²) in [4.78, 5) is 30.4. The normalized spacial score (nSPS) is 18.7. The lowest BCUT2D eigenvalue weighted by Crippen LogP contribution is -2.38. The van der Waals surface area contributed by atoms with Crippen LogP contribution in [-0.2, 0) is 0 Å². The van der Waals surface area contributed by atoms with E-state index in [1.165, 1.54) is 5.56 Å². The molecule has 7 nitrogen and oxygen atoms in total. The first-order valence-electron chi connectivity index (χ1n) is 10.7. The molecule has 0 radical (unpaired) electrons. The molecular formula is C24H24N6O. The van der Waals surface area contributed by atoms with Crippen molar-refractivity contribution in [3.05, 3.63) is 72.6 Å². The van der Waals surface area contributed by atoms with Crippen molar-refractivity contribution in [1.82, 2.24) is 29.8 Å². The van der Waals surface area contributed by atoms with Crippen molar-refractivity contribution in [2.75, 3.05) is 0 Å². The molecular weight excluding hydrogens is 388 g/mol. The van der Waals surface area contributed by atoms with E-state index in [0.717, 1.165) is 37.1 Å². The number of carbonyl (C=O) groups is 1. The van der Waals surface area contributed by atoms with E-state index >= 15 is 0 Å². The zero-order valence-electron chi connectivity index (χ0n) is 17.4. The number of aryl methyl sites for hydroxylation is 1. The van der Waals surface area contributed by atoms with Gasteiger partial charge in [-0.05, 0) is 62.9 Å². The van der Waals surface area contributed by atoms with Gasteiger partial charge in [-0.25, -0.2) is 15.0 Å². The predicted octanol–water partition coefficient (Wildman–Crippen LogP) is 4.06. The van der Waals surface area contributed by atoms with Crippen molar-refractivity contribution in [3.8, 4) is 22.8 Å². The van der Waals surface area contributed by atoms with Crippen molar-refractivity contribution in [2.45, 2.75) is 44.7 Å². The second-order valence-electron chi connectivity index (χ2n) is 8.05. The second-order valence-corrected chi connectivity index (χ2v) is 8.05. The van der Waals surface area contributed by atoms with Crippen molar-refractivity contribution in [3.63, 3.8) is 0 Å². The molecule has 156 valence electrons. The van der Waals surface area contributed by atoms with E-state index in [1.54, 1.807) is 18.6 Å². The van der Waals surface area contributed by atoms with Crippen LogP contribution in [0.4, 0.5) is 0 Å². The lowest BCUT2D eigenvalue weighted by atomic mass is 9.90. The highest BCUT2D eigenvalue weighted by molar-refractivity contribution is 5.95. The molecule has 3 aliphatic rings. The fraction of sp³-hybridized carbons (Fsp3) is 0.292. The van der Waals surface area contributed by atoms with Crippen molar-refractivity contribution >= 4 is 5.91 Å². The van der Waals surface area contributed by atoms with Gasteiger partial charge in [0.1, 0.15) is 5.82 Å². The van der Waals surface area contributed by atoms with Crippen LogP contribution >= 0.6 is 0 Å². The van der Waals surface area contributed by atoms with E-state index < -0.39 is 0 Å². The molecule has 2 aliphatic heterocycles. The number of nitrogens with one attached hydrogen (secondary N) is 1. The van der Waals surface area contributed by atoms with Gasteiger partial charge in [-0.1, -0.05) is 0 Å². The van der Waals surface area contributed by atoms with Crippen LogP contribution in [0.3, 0.4) is 0 Å². The van der Waals surface area contributed by atoms with E-state index in [9.17, 15) is 4.79 Å². The van der Waals surface area contributed by atoms with Crippen LogP contribution in [0, 0.1) is 6.92 Å². The second kappa shape index (κ2) is 8.26. The number of amides is 1. The molecule has 5 rings (SSSR count). The summed E-state index contributed by atoms with van der Waals surface area (Å²) in [5.41, 5.74) is 3.20. The van der Waals surface area contributed by atoms with Crippen LogP contribution in [0.2, 0.25) is 0 Å². The molecule has 1 fully saturated rings. The molecule has 4 heterocycles. The Bertz CT molecular complexity index is 1160. The summed E-state index contributed by atoms with van der Waals surface area (Å²) in [7, 11) is 0. The van der Waals surface area contributed by atoms with E-state index in [0.29, 0.717) is 23.1 Å². The van der Waals surface area contributed by atoms with E-state index in [4.69, 9.17) is 0 Å². The molecule has 0 spiro atoms. The minimum Gasteiger partial charge on any atom is -0.349 e. The molecule has 7 heteroatoms. The lowest BCUT2D eigenvalue weighted by Gasteiger charge is -2.31. The van der Waals surface area contributed by atoms with Crippen LogP contribution in [-0.4, -0.2) is 36.5 Å². The highest BCUT2D eigenvalue weighted by Gasteiger charge is 2.26. The van der Waals surface area contributed by atoms with Crippen LogP contribution in [0.1, 0.15) is 47.8 Å². The smallest absolute Gasteiger partial charge is 0.254 e. The van der Waals surface area contributed by atoms with E-state index in [1.807, 2.05) is 31.3 Å². The first-order chi connectivity index (χ1) is 15.2. The molecule has 0 unspecified atom stereocenters. The quantitative estimate of drug-likeness (QED) is 0.546. The number of fused-ring (bicyclic) bond motifs is 1. The monoisotopic (exact) mass is 412 g/mol. The maximum absolute atomic E-state index is 12.9. The molecule has 0 saturated heterocycles. The summed E-state index contributed by atoms with van der Waals surface area (Å²) in [5.74, 6) is 1.51. The van der Waals surface area contributed by atoms with Crippen LogP contribution in [0.25, 0.3) is 22.8 Å². The number of carbonyl (C=O) groups excluding carboxylic acids is 1. The molecule has 1 amide bonds. The van der Waals surface area contributed by atoms with Gasteiger partial charge < -0.3 is 9.88 Å². The third-order valence-electron chi connectivity index (χ3n) is 6.05. The molecule has 0 bridgehead atoms. The number of pyridine rings is 2. The maximum Gasteiger partial charge on any atom is 0.254 e. The average Bonchev–Trinajstić information content (AvgIpc) is 3.29. The first-order valence-corrected chi connectivity index (χ1v) is 10.7. The van der Waals surface area contributed by atoms with Gasteiger partial charge in [0.05, 0.1) is 11.3 Å². The van der Waals surface area contributed by atoms with Gasteiger partial charge >= 0.3 is 0 Å². The minimum atomic E-state index is -0.105. The number of aromatic nitrogens is 5. The summed E-state index contributed by atoms with van der Waals surface area (Å²) in [5, 5.41) is 3.18. The molecule has 1 aliphatic carbocycles. The first kappa shape index (κ1) is 19.4. The van der Waals surface area contributed by atoms with Gasteiger partial charge in [0, 0.05) is 54.2 Å². The fourth-order valence-corrected chi connectivity index (χ4v) is 4.37. The largest absolute Gasteiger partial charge is 0.349 e. The summed E-state index contributed by atoms with van der Waals surface area (Å²) < 4.78 is 2.28. The summed E-state index contributed by atoms with van der Waals surface area (Å²) in [6.07, 6.45) is 12.9. The van der Waals surface area contributed by atoms with Gasteiger partial charge in [-0.3, -0.25) is 9.78 Å². The Balaban J connectivity index is 1.23. The van der Waals surface area contributed by atoms with Crippen LogP contribution in [0.15, 0.2) is 61.3 Å². The Hall–Kier alpha value is -3.61. The maximum atomic E-state index is 12.9. The third kappa shape index (κ3) is 3.91. The molecule has 31 heavy (non-hydrogen) atoms. The van der Waals surface area contributed by atoms with Gasteiger partial charge in [0.15, 0.2) is 5.82 Å². The number of hydrogen-bond acceptors (Lipinski definition) is 5. The van der Waals surface area contributed by atoms with Crippen LogP contribution in [0.5, 0.6) is 0 Å². The van der Waals surface area contributed by atoms with Gasteiger partial charge in [0.2, 0.25) is 0 Å². The standard InChI is InChI=1S/C24H24N6O/c1-16-21(15-27-22(28-16)18-4-2-11-25-14-18)24(31)29-19-6-8-20(9-7-19)30-13-3-5-17-10-12-26-23(17)30/h2-5,10-15,19-20H,6-9H2,1H3,(H,29,31). The SMILES string of the molecule is Cc1nc(-c2cccnc2)ncc1C(=O)NC1CCC(n2cccc3ccnc2-3)CC1. The number of nitrogens with zero attached hydrogens (tertiary/aromatic N) is 5. The predicted molar refractivity (Wildman–Crippen MR) is 118 cm³/mol. The Morgan fingerprint density at radius 3 is 2.61 bits per heavy atom. The zero-order chi connectivity index (χ0) is 21.2. The minimum absolute atomic E-state index is 0.105. The number of rotatable bonds is 4. The van der Waals surface area contributed by atoms with E-state index in [2.05, 4.69) is 48.1 Å². The van der Waals surface area contributed by atoms with Gasteiger partial charge in [-0.2, -0.15) is 0 Å². The summed E-state index contributed by atoms with van der Waals surface area (Å²) in [6.45, 7) is 1.84. The average molecular weight is 412 g/mol.